The fourth-order valence-corrected chi connectivity index (χ4v) is 2.28. The quantitative estimate of drug-likeness (QED) is 0.764. The van der Waals surface area contributed by atoms with Crippen LogP contribution in [0.2, 0.25) is 5.02 Å². The summed E-state index contributed by atoms with van der Waals surface area (Å²) in [5, 5.41) is 18.5. The number of methoxy groups -OCH3 is 1. The van der Waals surface area contributed by atoms with Crippen molar-refractivity contribution in [3.63, 3.8) is 0 Å². The van der Waals surface area contributed by atoms with Crippen LogP contribution in [0, 0.1) is 5.92 Å². The van der Waals surface area contributed by atoms with Gasteiger partial charge in [0.05, 0.1) is 30.1 Å². The predicted molar refractivity (Wildman–Crippen MR) is 76.4 cm³/mol. The van der Waals surface area contributed by atoms with Gasteiger partial charge in [0, 0.05) is 13.7 Å². The highest BCUT2D eigenvalue weighted by molar-refractivity contribution is 6.31. The highest BCUT2D eigenvalue weighted by Gasteiger charge is 2.30. The molecule has 1 heterocycles. The number of ether oxygens (including phenoxy) is 1. The molecule has 1 atom stereocenters. The van der Waals surface area contributed by atoms with E-state index in [1.54, 1.807) is 24.9 Å². The Labute approximate surface area is 119 Å². The third-order valence-electron chi connectivity index (χ3n) is 2.83. The summed E-state index contributed by atoms with van der Waals surface area (Å²) in [6, 6.07) is 0. The van der Waals surface area contributed by atoms with Crippen LogP contribution in [0.3, 0.4) is 0 Å². The van der Waals surface area contributed by atoms with Gasteiger partial charge in [-0.3, -0.25) is 4.68 Å². The van der Waals surface area contributed by atoms with Crippen molar-refractivity contribution in [1.82, 2.24) is 15.1 Å². The number of halogens is 1. The van der Waals surface area contributed by atoms with E-state index in [9.17, 15) is 5.11 Å². The van der Waals surface area contributed by atoms with Gasteiger partial charge in [-0.2, -0.15) is 5.10 Å². The molecule has 0 fully saturated rings. The zero-order valence-corrected chi connectivity index (χ0v) is 12.9. The minimum atomic E-state index is -1.06. The normalized spacial score (nSPS) is 14.9. The maximum atomic E-state index is 10.6. The number of aliphatic hydroxyl groups is 1. The van der Waals surface area contributed by atoms with Crippen molar-refractivity contribution in [2.24, 2.45) is 5.92 Å². The number of hydrogen-bond donors (Lipinski definition) is 2. The van der Waals surface area contributed by atoms with E-state index in [-0.39, 0.29) is 0 Å². The molecule has 0 amide bonds. The molecule has 6 heteroatoms. The van der Waals surface area contributed by atoms with Crippen LogP contribution in [0.15, 0.2) is 6.20 Å². The average Bonchev–Trinajstić information content (AvgIpc) is 2.67. The third-order valence-corrected chi connectivity index (χ3v) is 3.11. The lowest BCUT2D eigenvalue weighted by molar-refractivity contribution is 0.0453. The Balaban J connectivity index is 2.77. The van der Waals surface area contributed by atoms with E-state index in [0.29, 0.717) is 36.3 Å². The summed E-state index contributed by atoms with van der Waals surface area (Å²) >= 11 is 6.14. The van der Waals surface area contributed by atoms with Crippen molar-refractivity contribution in [3.05, 3.63) is 16.9 Å². The first-order chi connectivity index (χ1) is 8.88. The molecule has 0 aliphatic heterocycles. The first-order valence-corrected chi connectivity index (χ1v) is 6.90. The molecule has 0 bridgehead atoms. The molecular formula is C13H24ClN3O2. The summed E-state index contributed by atoms with van der Waals surface area (Å²) in [5.74, 6) is 0.532. The minimum absolute atomic E-state index is 0.434. The van der Waals surface area contributed by atoms with E-state index in [4.69, 9.17) is 16.3 Å². The van der Waals surface area contributed by atoms with Crippen LogP contribution < -0.4 is 5.32 Å². The Morgan fingerprint density at radius 2 is 2.26 bits per heavy atom. The van der Waals surface area contributed by atoms with Crippen molar-refractivity contribution < 1.29 is 9.84 Å². The summed E-state index contributed by atoms with van der Waals surface area (Å²) in [6.07, 6.45) is 1.56. The third kappa shape index (κ3) is 4.76. The Morgan fingerprint density at radius 1 is 1.58 bits per heavy atom. The van der Waals surface area contributed by atoms with E-state index in [1.165, 1.54) is 0 Å². The summed E-state index contributed by atoms with van der Waals surface area (Å²) < 4.78 is 6.73. The molecule has 0 saturated heterocycles. The maximum Gasteiger partial charge on any atom is 0.117 e. The average molecular weight is 290 g/mol. The fraction of sp³-hybridized carbons (Fsp3) is 0.769. The molecule has 110 valence electrons. The lowest BCUT2D eigenvalue weighted by Gasteiger charge is -2.26. The largest absolute Gasteiger partial charge is 0.383 e. The summed E-state index contributed by atoms with van der Waals surface area (Å²) in [5.41, 5.74) is -0.432. The van der Waals surface area contributed by atoms with Crippen LogP contribution in [0.4, 0.5) is 0 Å². The van der Waals surface area contributed by atoms with Crippen LogP contribution >= 0.6 is 11.6 Å². The highest BCUT2D eigenvalue weighted by Crippen LogP contribution is 2.27. The van der Waals surface area contributed by atoms with Crippen molar-refractivity contribution >= 4 is 11.6 Å². The molecule has 2 N–H and O–H groups in total. The highest BCUT2D eigenvalue weighted by atomic mass is 35.5. The zero-order valence-electron chi connectivity index (χ0n) is 12.1. The summed E-state index contributed by atoms with van der Waals surface area (Å²) in [6.45, 7) is 8.37. The Hall–Kier alpha value is -0.620. The van der Waals surface area contributed by atoms with Gasteiger partial charge < -0.3 is 15.2 Å². The monoisotopic (exact) mass is 289 g/mol. The van der Waals surface area contributed by atoms with Gasteiger partial charge in [-0.25, -0.2) is 0 Å². The number of hydrogen-bond acceptors (Lipinski definition) is 4. The molecule has 1 unspecified atom stereocenters. The van der Waals surface area contributed by atoms with Gasteiger partial charge >= 0.3 is 0 Å². The predicted octanol–water partition coefficient (Wildman–Crippen LogP) is 1.64. The number of rotatable bonds is 8. The van der Waals surface area contributed by atoms with E-state index in [1.807, 2.05) is 0 Å². The molecule has 0 aliphatic rings. The molecule has 0 saturated carbocycles. The Bertz CT molecular complexity index is 391. The van der Waals surface area contributed by atoms with Crippen LogP contribution in [0.1, 0.15) is 26.5 Å². The second kappa shape index (κ2) is 7.24. The lowest BCUT2D eigenvalue weighted by atomic mass is 10.0. The number of nitrogens with zero attached hydrogens (tertiary/aromatic N) is 2. The van der Waals surface area contributed by atoms with E-state index >= 15 is 0 Å². The van der Waals surface area contributed by atoms with Crippen LogP contribution in [-0.2, 0) is 16.9 Å². The van der Waals surface area contributed by atoms with Gasteiger partial charge in [0.25, 0.3) is 0 Å². The van der Waals surface area contributed by atoms with Gasteiger partial charge in [-0.05, 0) is 19.4 Å². The molecule has 0 aliphatic carbocycles. The van der Waals surface area contributed by atoms with Gasteiger partial charge in [0.2, 0.25) is 0 Å². The molecule has 5 nitrogen and oxygen atoms in total. The molecule has 1 rings (SSSR count). The molecule has 1 aromatic heterocycles. The number of aromatic nitrogens is 2. The SMILES string of the molecule is COCCn1ncc(Cl)c1C(C)(O)CNCC(C)C. The summed E-state index contributed by atoms with van der Waals surface area (Å²) in [7, 11) is 1.63. The Kier molecular flexibility index (Phi) is 6.26. The van der Waals surface area contributed by atoms with Gasteiger partial charge in [0.15, 0.2) is 0 Å². The van der Waals surface area contributed by atoms with E-state index < -0.39 is 5.60 Å². The topological polar surface area (TPSA) is 59.3 Å². The van der Waals surface area contributed by atoms with Crippen molar-refractivity contribution in [2.45, 2.75) is 32.9 Å². The molecule has 1 aromatic rings. The Morgan fingerprint density at radius 3 is 2.84 bits per heavy atom. The standard InChI is InChI=1S/C13H24ClN3O2/c1-10(2)7-15-9-13(3,18)12-11(14)8-16-17(12)5-6-19-4/h8,10,15,18H,5-7,9H2,1-4H3. The molecular weight excluding hydrogens is 266 g/mol. The fourth-order valence-electron chi connectivity index (χ4n) is 1.93. The van der Waals surface area contributed by atoms with Gasteiger partial charge in [-0.15, -0.1) is 0 Å². The second-order valence-electron chi connectivity index (χ2n) is 5.36. The molecule has 0 aromatic carbocycles. The smallest absolute Gasteiger partial charge is 0.117 e. The maximum absolute atomic E-state index is 10.6. The molecule has 0 radical (unpaired) electrons. The van der Waals surface area contributed by atoms with Crippen molar-refractivity contribution in [3.8, 4) is 0 Å². The van der Waals surface area contributed by atoms with Crippen LogP contribution in [-0.4, -0.2) is 41.7 Å². The first kappa shape index (κ1) is 16.4. The second-order valence-corrected chi connectivity index (χ2v) is 5.76. The van der Waals surface area contributed by atoms with E-state index in [2.05, 4.69) is 24.3 Å². The van der Waals surface area contributed by atoms with Gasteiger partial charge in [0.1, 0.15) is 5.60 Å². The zero-order chi connectivity index (χ0) is 14.5. The van der Waals surface area contributed by atoms with Crippen LogP contribution in [0.25, 0.3) is 0 Å². The lowest BCUT2D eigenvalue weighted by Crippen LogP contribution is -2.39. The summed E-state index contributed by atoms with van der Waals surface area (Å²) in [4.78, 5) is 0. The molecule has 0 spiro atoms. The van der Waals surface area contributed by atoms with Crippen molar-refractivity contribution in [1.29, 1.82) is 0 Å². The molecule has 19 heavy (non-hydrogen) atoms. The minimum Gasteiger partial charge on any atom is -0.383 e. The number of nitrogens with one attached hydrogen (secondary N) is 1. The first-order valence-electron chi connectivity index (χ1n) is 6.52. The van der Waals surface area contributed by atoms with Gasteiger partial charge in [-0.1, -0.05) is 25.4 Å². The van der Waals surface area contributed by atoms with Crippen molar-refractivity contribution in [2.75, 3.05) is 26.8 Å². The van der Waals surface area contributed by atoms with E-state index in [0.717, 1.165) is 6.54 Å². The van der Waals surface area contributed by atoms with Crippen LogP contribution in [0.5, 0.6) is 0 Å².